The maximum atomic E-state index is 12.5. The third kappa shape index (κ3) is 3.30. The molecule has 0 radical (unpaired) electrons. The van der Waals surface area contributed by atoms with Gasteiger partial charge in [0.25, 0.3) is 5.91 Å². The fraction of sp³-hybridized carbons (Fsp3) is 0.158. The van der Waals surface area contributed by atoms with Crippen molar-refractivity contribution in [1.82, 2.24) is 0 Å². The van der Waals surface area contributed by atoms with E-state index in [4.69, 9.17) is 9.15 Å². The van der Waals surface area contributed by atoms with Crippen molar-refractivity contribution in [3.8, 4) is 5.75 Å². The van der Waals surface area contributed by atoms with Crippen LogP contribution in [0.3, 0.4) is 0 Å². The number of nitrogens with one attached hydrogen (secondary N) is 1. The van der Waals surface area contributed by atoms with Gasteiger partial charge in [0.15, 0.2) is 0 Å². The Kier molecular flexibility index (Phi) is 4.33. The second-order valence-electron chi connectivity index (χ2n) is 5.60. The summed E-state index contributed by atoms with van der Waals surface area (Å²) in [6.45, 7) is 3.80. The minimum absolute atomic E-state index is 0.0335. The number of anilines is 1. The van der Waals surface area contributed by atoms with Gasteiger partial charge in [0.1, 0.15) is 16.9 Å². The molecule has 0 saturated carbocycles. The molecule has 0 aliphatic carbocycles. The molecule has 1 amide bonds. The Bertz CT molecular complexity index is 943. The average molecular weight is 323 g/mol. The van der Waals surface area contributed by atoms with E-state index < -0.39 is 11.5 Å². The van der Waals surface area contributed by atoms with Gasteiger partial charge in [-0.25, -0.2) is 4.79 Å². The molecule has 1 N–H and O–H groups in total. The molecule has 0 saturated heterocycles. The first-order chi connectivity index (χ1) is 11.5. The van der Waals surface area contributed by atoms with Crippen LogP contribution >= 0.6 is 0 Å². The summed E-state index contributed by atoms with van der Waals surface area (Å²) < 4.78 is 10.9. The number of benzene rings is 2. The Morgan fingerprint density at radius 2 is 1.79 bits per heavy atom. The summed E-state index contributed by atoms with van der Waals surface area (Å²) in [5, 5.41) is 3.40. The number of ether oxygens (including phenoxy) is 1. The normalized spacial score (nSPS) is 10.8. The number of hydrogen-bond acceptors (Lipinski definition) is 4. The van der Waals surface area contributed by atoms with Gasteiger partial charge in [0.2, 0.25) is 0 Å². The molecule has 0 bridgehead atoms. The van der Waals surface area contributed by atoms with Gasteiger partial charge in [0.05, 0.1) is 11.8 Å². The highest BCUT2D eigenvalue weighted by molar-refractivity contribution is 6.06. The molecular weight excluding hydrogens is 306 g/mol. The van der Waals surface area contributed by atoms with Crippen molar-refractivity contribution >= 4 is 22.6 Å². The van der Waals surface area contributed by atoms with Crippen molar-refractivity contribution in [2.75, 3.05) is 5.32 Å². The van der Waals surface area contributed by atoms with E-state index in [1.807, 2.05) is 26.0 Å². The van der Waals surface area contributed by atoms with Crippen molar-refractivity contribution in [3.63, 3.8) is 0 Å². The van der Waals surface area contributed by atoms with Gasteiger partial charge in [-0.2, -0.15) is 0 Å². The number of rotatable bonds is 4. The molecule has 0 unspecified atom stereocenters. The van der Waals surface area contributed by atoms with E-state index in [0.717, 1.165) is 0 Å². The van der Waals surface area contributed by atoms with E-state index >= 15 is 0 Å². The Labute approximate surface area is 138 Å². The first-order valence-corrected chi connectivity index (χ1v) is 7.64. The number of hydrogen-bond donors (Lipinski definition) is 1. The van der Waals surface area contributed by atoms with Gasteiger partial charge in [-0.1, -0.05) is 30.3 Å². The Balaban J connectivity index is 1.93. The van der Waals surface area contributed by atoms with Crippen LogP contribution < -0.4 is 15.7 Å². The predicted molar refractivity (Wildman–Crippen MR) is 92.6 cm³/mol. The largest absolute Gasteiger partial charge is 0.489 e. The molecule has 1 aromatic heterocycles. The molecule has 0 aliphatic heterocycles. The van der Waals surface area contributed by atoms with E-state index in [0.29, 0.717) is 22.4 Å². The molecule has 0 fully saturated rings. The standard InChI is InChI=1S/C19H17NO4/c1-12(2)23-17-10-6-4-8-15(17)20-18(21)14-11-13-7-3-5-9-16(13)24-19(14)22/h3-12H,1-2H3,(H,20,21). The van der Waals surface area contributed by atoms with Gasteiger partial charge in [-0.3, -0.25) is 4.79 Å². The topological polar surface area (TPSA) is 68.5 Å². The van der Waals surface area contributed by atoms with Gasteiger partial charge < -0.3 is 14.5 Å². The second kappa shape index (κ2) is 6.58. The molecule has 5 nitrogen and oxygen atoms in total. The molecule has 1 heterocycles. The Morgan fingerprint density at radius 1 is 1.08 bits per heavy atom. The molecule has 3 rings (SSSR count). The Morgan fingerprint density at radius 3 is 2.58 bits per heavy atom. The molecular formula is C19H17NO4. The fourth-order valence-corrected chi connectivity index (χ4v) is 2.34. The van der Waals surface area contributed by atoms with Crippen LogP contribution in [0.4, 0.5) is 5.69 Å². The van der Waals surface area contributed by atoms with E-state index in [9.17, 15) is 9.59 Å². The summed E-state index contributed by atoms with van der Waals surface area (Å²) in [5.41, 5.74) is 0.229. The predicted octanol–water partition coefficient (Wildman–Crippen LogP) is 3.83. The van der Waals surface area contributed by atoms with E-state index in [1.54, 1.807) is 36.4 Å². The minimum atomic E-state index is -0.673. The third-order valence-corrected chi connectivity index (χ3v) is 3.38. The quantitative estimate of drug-likeness (QED) is 0.741. The van der Waals surface area contributed by atoms with Crippen LogP contribution in [0.15, 0.2) is 63.8 Å². The lowest BCUT2D eigenvalue weighted by atomic mass is 10.1. The molecule has 3 aromatic rings. The highest BCUT2D eigenvalue weighted by atomic mass is 16.5. The molecule has 0 atom stereocenters. The van der Waals surface area contributed by atoms with Gasteiger partial charge in [-0.05, 0) is 38.1 Å². The van der Waals surface area contributed by atoms with Crippen molar-refractivity contribution in [2.45, 2.75) is 20.0 Å². The zero-order chi connectivity index (χ0) is 17.1. The van der Waals surface area contributed by atoms with Crippen molar-refractivity contribution < 1.29 is 13.9 Å². The third-order valence-electron chi connectivity index (χ3n) is 3.38. The summed E-state index contributed by atoms with van der Waals surface area (Å²) in [6, 6.07) is 15.7. The first-order valence-electron chi connectivity index (χ1n) is 7.64. The number of carbonyl (C=O) groups is 1. The van der Waals surface area contributed by atoms with E-state index in [-0.39, 0.29) is 11.7 Å². The molecule has 0 spiro atoms. The number of amides is 1. The fourth-order valence-electron chi connectivity index (χ4n) is 2.34. The summed E-state index contributed by atoms with van der Waals surface area (Å²) in [4.78, 5) is 24.6. The lowest BCUT2D eigenvalue weighted by Gasteiger charge is -2.14. The Hall–Kier alpha value is -3.08. The van der Waals surface area contributed by atoms with Crippen LogP contribution in [0.5, 0.6) is 5.75 Å². The van der Waals surface area contributed by atoms with Gasteiger partial charge >= 0.3 is 5.63 Å². The maximum absolute atomic E-state index is 12.5. The summed E-state index contributed by atoms with van der Waals surface area (Å²) in [6.07, 6.45) is -0.0335. The lowest BCUT2D eigenvalue weighted by Crippen LogP contribution is -2.21. The van der Waals surface area contributed by atoms with E-state index in [2.05, 4.69) is 5.32 Å². The van der Waals surface area contributed by atoms with Gasteiger partial charge in [-0.15, -0.1) is 0 Å². The van der Waals surface area contributed by atoms with Crippen LogP contribution in [0.25, 0.3) is 11.0 Å². The molecule has 122 valence electrons. The van der Waals surface area contributed by atoms with Crippen molar-refractivity contribution in [1.29, 1.82) is 0 Å². The second-order valence-corrected chi connectivity index (χ2v) is 5.60. The van der Waals surface area contributed by atoms with Crippen LogP contribution in [-0.4, -0.2) is 12.0 Å². The van der Waals surface area contributed by atoms with Crippen LogP contribution in [0, 0.1) is 0 Å². The average Bonchev–Trinajstić information content (AvgIpc) is 2.55. The first kappa shape index (κ1) is 15.8. The van der Waals surface area contributed by atoms with E-state index in [1.165, 1.54) is 6.07 Å². The van der Waals surface area contributed by atoms with Crippen molar-refractivity contribution in [3.05, 3.63) is 70.6 Å². The van der Waals surface area contributed by atoms with Crippen LogP contribution in [0.1, 0.15) is 24.2 Å². The smallest absolute Gasteiger partial charge is 0.349 e. The zero-order valence-corrected chi connectivity index (χ0v) is 13.4. The molecule has 0 aliphatic rings. The molecule has 24 heavy (non-hydrogen) atoms. The maximum Gasteiger partial charge on any atom is 0.349 e. The SMILES string of the molecule is CC(C)Oc1ccccc1NC(=O)c1cc2ccccc2oc1=O. The monoisotopic (exact) mass is 323 g/mol. The number of fused-ring (bicyclic) bond motifs is 1. The highest BCUT2D eigenvalue weighted by Crippen LogP contribution is 2.25. The van der Waals surface area contributed by atoms with Gasteiger partial charge in [0, 0.05) is 5.39 Å². The minimum Gasteiger partial charge on any atom is -0.489 e. The highest BCUT2D eigenvalue weighted by Gasteiger charge is 2.16. The summed E-state index contributed by atoms with van der Waals surface area (Å²) in [5.74, 6) is 0.0142. The van der Waals surface area contributed by atoms with Crippen LogP contribution in [0.2, 0.25) is 0 Å². The number of carbonyl (C=O) groups excluding carboxylic acids is 1. The zero-order valence-electron chi connectivity index (χ0n) is 13.4. The van der Waals surface area contributed by atoms with Crippen molar-refractivity contribution in [2.24, 2.45) is 0 Å². The lowest BCUT2D eigenvalue weighted by molar-refractivity contribution is 0.102. The van der Waals surface area contributed by atoms with Crippen LogP contribution in [-0.2, 0) is 0 Å². The summed E-state index contributed by atoms with van der Waals surface area (Å²) >= 11 is 0. The molecule has 2 aromatic carbocycles. The molecule has 5 heteroatoms. The number of para-hydroxylation sites is 3. The summed E-state index contributed by atoms with van der Waals surface area (Å²) in [7, 11) is 0.